The van der Waals surface area contributed by atoms with Crippen LogP contribution in [0, 0.1) is 5.92 Å². The van der Waals surface area contributed by atoms with E-state index in [4.69, 9.17) is 4.84 Å². The van der Waals surface area contributed by atoms with Crippen molar-refractivity contribution in [3.8, 4) is 0 Å². The van der Waals surface area contributed by atoms with Gasteiger partial charge in [-0.25, -0.2) is 0 Å². The molecule has 1 aliphatic rings. The van der Waals surface area contributed by atoms with Gasteiger partial charge in [-0.05, 0) is 25.2 Å². The first-order valence-corrected chi connectivity index (χ1v) is 6.23. The highest BCUT2D eigenvalue weighted by atomic mass is 16.7. The molecule has 1 saturated carbocycles. The fraction of sp³-hybridized carbons (Fsp3) is 1.00. The molecular weight excluding hydrogens is 174 g/mol. The summed E-state index contributed by atoms with van der Waals surface area (Å²) < 4.78 is 0. The van der Waals surface area contributed by atoms with Crippen LogP contribution in [0.4, 0.5) is 0 Å². The Morgan fingerprint density at radius 2 is 2.00 bits per heavy atom. The average Bonchev–Trinajstić information content (AvgIpc) is 2.67. The molecule has 0 N–H and O–H groups in total. The molecule has 1 aliphatic carbocycles. The van der Waals surface area contributed by atoms with Gasteiger partial charge in [0.2, 0.25) is 0 Å². The first kappa shape index (κ1) is 12.0. The molecule has 0 aliphatic heterocycles. The number of hydrogen-bond acceptors (Lipinski definition) is 2. The topological polar surface area (TPSA) is 12.5 Å². The standard InChI is InChI=1S/C12H25NO/c1-4-10-14-13(6-3)12-9-7-8-11(12)5-2/h11-12H,4-10H2,1-3H3. The maximum atomic E-state index is 5.79. The Labute approximate surface area is 88.6 Å². The third kappa shape index (κ3) is 2.96. The van der Waals surface area contributed by atoms with Crippen molar-refractivity contribution in [2.45, 2.75) is 58.9 Å². The average molecular weight is 199 g/mol. The van der Waals surface area contributed by atoms with E-state index in [2.05, 4.69) is 25.8 Å². The van der Waals surface area contributed by atoms with E-state index in [0.29, 0.717) is 6.04 Å². The molecule has 0 saturated heterocycles. The lowest BCUT2D eigenvalue weighted by atomic mass is 10.0. The van der Waals surface area contributed by atoms with E-state index in [0.717, 1.165) is 25.5 Å². The van der Waals surface area contributed by atoms with E-state index in [1.54, 1.807) is 0 Å². The third-order valence-electron chi connectivity index (χ3n) is 3.29. The van der Waals surface area contributed by atoms with Gasteiger partial charge in [0.15, 0.2) is 0 Å². The summed E-state index contributed by atoms with van der Waals surface area (Å²) in [5.41, 5.74) is 0. The third-order valence-corrected chi connectivity index (χ3v) is 3.29. The van der Waals surface area contributed by atoms with Crippen molar-refractivity contribution in [2.24, 2.45) is 5.92 Å². The number of hydroxylamine groups is 2. The molecule has 0 heterocycles. The fourth-order valence-corrected chi connectivity index (χ4v) is 2.50. The fourth-order valence-electron chi connectivity index (χ4n) is 2.50. The number of rotatable bonds is 6. The minimum absolute atomic E-state index is 0.691. The molecule has 0 aromatic heterocycles. The van der Waals surface area contributed by atoms with E-state index in [9.17, 15) is 0 Å². The Kier molecular flexibility index (Phi) is 5.49. The van der Waals surface area contributed by atoms with Crippen LogP contribution in [0.3, 0.4) is 0 Å². The second kappa shape index (κ2) is 6.41. The van der Waals surface area contributed by atoms with Crippen LogP contribution in [0.5, 0.6) is 0 Å². The van der Waals surface area contributed by atoms with Crippen LogP contribution >= 0.6 is 0 Å². The first-order valence-electron chi connectivity index (χ1n) is 6.23. The molecule has 0 bridgehead atoms. The Bertz CT molecular complexity index is 149. The smallest absolute Gasteiger partial charge is 0.0682 e. The maximum absolute atomic E-state index is 5.79. The Hall–Kier alpha value is -0.0800. The van der Waals surface area contributed by atoms with Crippen molar-refractivity contribution in [1.82, 2.24) is 5.06 Å². The Morgan fingerprint density at radius 3 is 2.57 bits per heavy atom. The SMILES string of the molecule is CCCON(CC)C1CCCC1CC. The second-order valence-corrected chi connectivity index (χ2v) is 4.23. The van der Waals surface area contributed by atoms with E-state index in [1.165, 1.54) is 25.7 Å². The van der Waals surface area contributed by atoms with Crippen molar-refractivity contribution in [3.63, 3.8) is 0 Å². The van der Waals surface area contributed by atoms with Crippen LogP contribution in [0.25, 0.3) is 0 Å². The lowest BCUT2D eigenvalue weighted by Gasteiger charge is -2.30. The molecule has 0 aromatic rings. The first-order chi connectivity index (χ1) is 6.83. The monoisotopic (exact) mass is 199 g/mol. The van der Waals surface area contributed by atoms with Crippen LogP contribution in [-0.4, -0.2) is 24.3 Å². The molecule has 2 unspecified atom stereocenters. The quantitative estimate of drug-likeness (QED) is 0.609. The van der Waals surface area contributed by atoms with Gasteiger partial charge in [-0.3, -0.25) is 4.84 Å². The highest BCUT2D eigenvalue weighted by Gasteiger charge is 2.30. The summed E-state index contributed by atoms with van der Waals surface area (Å²) in [5, 5.41) is 2.23. The summed E-state index contributed by atoms with van der Waals surface area (Å²) in [4.78, 5) is 5.79. The minimum atomic E-state index is 0.691. The van der Waals surface area contributed by atoms with Gasteiger partial charge in [0.25, 0.3) is 0 Å². The summed E-state index contributed by atoms with van der Waals surface area (Å²) in [5.74, 6) is 0.867. The van der Waals surface area contributed by atoms with Gasteiger partial charge in [-0.15, -0.1) is 0 Å². The van der Waals surface area contributed by atoms with Crippen molar-refractivity contribution in [2.75, 3.05) is 13.2 Å². The molecule has 14 heavy (non-hydrogen) atoms. The van der Waals surface area contributed by atoms with Gasteiger partial charge in [-0.2, -0.15) is 5.06 Å². The van der Waals surface area contributed by atoms with Gasteiger partial charge in [0, 0.05) is 12.6 Å². The van der Waals surface area contributed by atoms with Crippen molar-refractivity contribution in [3.05, 3.63) is 0 Å². The molecule has 0 aromatic carbocycles. The number of nitrogens with zero attached hydrogens (tertiary/aromatic N) is 1. The number of hydrogen-bond donors (Lipinski definition) is 0. The molecule has 1 fully saturated rings. The predicted molar refractivity (Wildman–Crippen MR) is 60.0 cm³/mol. The van der Waals surface area contributed by atoms with Gasteiger partial charge >= 0.3 is 0 Å². The highest BCUT2D eigenvalue weighted by Crippen LogP contribution is 2.32. The van der Waals surface area contributed by atoms with Crippen LogP contribution < -0.4 is 0 Å². The van der Waals surface area contributed by atoms with Gasteiger partial charge in [-0.1, -0.05) is 33.6 Å². The molecule has 2 nitrogen and oxygen atoms in total. The van der Waals surface area contributed by atoms with Crippen LogP contribution in [0.2, 0.25) is 0 Å². The molecule has 1 rings (SSSR count). The lowest BCUT2D eigenvalue weighted by molar-refractivity contribution is -0.190. The molecule has 84 valence electrons. The summed E-state index contributed by atoms with van der Waals surface area (Å²) in [7, 11) is 0. The molecule has 0 radical (unpaired) electrons. The summed E-state index contributed by atoms with van der Waals surface area (Å²) in [6.07, 6.45) is 6.52. The molecular formula is C12H25NO. The van der Waals surface area contributed by atoms with Gasteiger partial charge < -0.3 is 0 Å². The second-order valence-electron chi connectivity index (χ2n) is 4.23. The van der Waals surface area contributed by atoms with E-state index in [-0.39, 0.29) is 0 Å². The largest absolute Gasteiger partial charge is 0.299 e. The van der Waals surface area contributed by atoms with E-state index < -0.39 is 0 Å². The highest BCUT2D eigenvalue weighted by molar-refractivity contribution is 4.81. The Morgan fingerprint density at radius 1 is 1.21 bits per heavy atom. The minimum Gasteiger partial charge on any atom is -0.299 e. The molecule has 2 atom stereocenters. The van der Waals surface area contributed by atoms with Crippen molar-refractivity contribution < 1.29 is 4.84 Å². The van der Waals surface area contributed by atoms with Gasteiger partial charge in [0.1, 0.15) is 0 Å². The lowest BCUT2D eigenvalue weighted by Crippen LogP contribution is -2.37. The summed E-state index contributed by atoms with van der Waals surface area (Å²) in [6, 6.07) is 0.691. The summed E-state index contributed by atoms with van der Waals surface area (Å²) >= 11 is 0. The summed E-state index contributed by atoms with van der Waals surface area (Å²) in [6.45, 7) is 8.57. The van der Waals surface area contributed by atoms with Crippen LogP contribution in [-0.2, 0) is 4.84 Å². The maximum Gasteiger partial charge on any atom is 0.0682 e. The zero-order valence-electron chi connectivity index (χ0n) is 9.96. The van der Waals surface area contributed by atoms with Crippen molar-refractivity contribution in [1.29, 1.82) is 0 Å². The molecule has 0 spiro atoms. The molecule has 2 heteroatoms. The zero-order valence-corrected chi connectivity index (χ0v) is 9.96. The normalized spacial score (nSPS) is 27.4. The molecule has 0 amide bonds. The van der Waals surface area contributed by atoms with Gasteiger partial charge in [0.05, 0.1) is 6.61 Å². The van der Waals surface area contributed by atoms with Crippen LogP contribution in [0.15, 0.2) is 0 Å². The van der Waals surface area contributed by atoms with E-state index in [1.807, 2.05) is 0 Å². The Balaban J connectivity index is 2.41. The predicted octanol–water partition coefficient (Wildman–Crippen LogP) is 3.23. The van der Waals surface area contributed by atoms with E-state index >= 15 is 0 Å². The van der Waals surface area contributed by atoms with Crippen molar-refractivity contribution >= 4 is 0 Å². The zero-order chi connectivity index (χ0) is 10.4. The van der Waals surface area contributed by atoms with Crippen LogP contribution in [0.1, 0.15) is 52.9 Å².